The SMILES string of the molecule is C[Si](C)(C)n1c(N)cc(N)nc1=O. The Balaban J connectivity index is 3.47. The van der Waals surface area contributed by atoms with E-state index in [0.29, 0.717) is 5.82 Å². The second kappa shape index (κ2) is 2.88. The molecule has 1 aromatic rings. The van der Waals surface area contributed by atoms with Gasteiger partial charge in [-0.05, 0) is 0 Å². The van der Waals surface area contributed by atoms with Gasteiger partial charge in [-0.1, -0.05) is 19.6 Å². The molecule has 4 N–H and O–H groups in total. The van der Waals surface area contributed by atoms with E-state index in [0.717, 1.165) is 0 Å². The average molecular weight is 198 g/mol. The third kappa shape index (κ3) is 1.89. The van der Waals surface area contributed by atoms with Crippen molar-refractivity contribution in [3.8, 4) is 0 Å². The predicted molar refractivity (Wildman–Crippen MR) is 56.1 cm³/mol. The van der Waals surface area contributed by atoms with Crippen LogP contribution in [0.15, 0.2) is 10.9 Å². The minimum atomic E-state index is -1.78. The van der Waals surface area contributed by atoms with Gasteiger partial charge in [0, 0.05) is 6.07 Å². The van der Waals surface area contributed by atoms with E-state index >= 15 is 0 Å². The fraction of sp³-hybridized carbons (Fsp3) is 0.429. The van der Waals surface area contributed by atoms with Crippen molar-refractivity contribution < 1.29 is 0 Å². The first-order valence-corrected chi connectivity index (χ1v) is 7.42. The van der Waals surface area contributed by atoms with E-state index < -0.39 is 8.24 Å². The molecular weight excluding hydrogens is 184 g/mol. The summed E-state index contributed by atoms with van der Waals surface area (Å²) < 4.78 is 1.54. The van der Waals surface area contributed by atoms with Crippen molar-refractivity contribution in [3.05, 3.63) is 16.6 Å². The molecule has 0 bridgehead atoms. The maximum Gasteiger partial charge on any atom is 0.342 e. The number of nitrogen functional groups attached to an aromatic ring is 2. The largest absolute Gasteiger partial charge is 0.386 e. The van der Waals surface area contributed by atoms with Gasteiger partial charge in [0.15, 0.2) is 8.24 Å². The van der Waals surface area contributed by atoms with E-state index in [1.807, 2.05) is 19.6 Å². The number of rotatable bonds is 1. The fourth-order valence-electron chi connectivity index (χ4n) is 1.19. The summed E-state index contributed by atoms with van der Waals surface area (Å²) in [5, 5.41) is 0. The Morgan fingerprint density at radius 3 is 2.31 bits per heavy atom. The van der Waals surface area contributed by atoms with Crippen LogP contribution >= 0.6 is 0 Å². The number of aromatic nitrogens is 2. The zero-order valence-corrected chi connectivity index (χ0v) is 9.03. The summed E-state index contributed by atoms with van der Waals surface area (Å²) in [5.74, 6) is 0.577. The average Bonchev–Trinajstić information content (AvgIpc) is 1.78. The molecule has 1 aromatic heterocycles. The zero-order valence-electron chi connectivity index (χ0n) is 8.03. The van der Waals surface area contributed by atoms with Crippen LogP contribution in [-0.4, -0.2) is 17.5 Å². The molecule has 0 aliphatic rings. The maximum atomic E-state index is 11.4. The lowest BCUT2D eigenvalue weighted by molar-refractivity contribution is 0.978. The van der Waals surface area contributed by atoms with Gasteiger partial charge in [0.25, 0.3) is 0 Å². The Labute approximate surface area is 77.5 Å². The molecule has 0 atom stereocenters. The van der Waals surface area contributed by atoms with Crippen molar-refractivity contribution in [2.24, 2.45) is 0 Å². The minimum Gasteiger partial charge on any atom is -0.386 e. The van der Waals surface area contributed by atoms with Crippen molar-refractivity contribution >= 4 is 19.9 Å². The van der Waals surface area contributed by atoms with Crippen LogP contribution in [0.2, 0.25) is 19.6 Å². The number of anilines is 2. The molecule has 0 unspecified atom stereocenters. The van der Waals surface area contributed by atoms with E-state index in [4.69, 9.17) is 11.5 Å². The quantitative estimate of drug-likeness (QED) is 0.626. The molecule has 0 aliphatic heterocycles. The predicted octanol–water partition coefficient (Wildman–Crippen LogP) is 0.0907. The second-order valence-electron chi connectivity index (χ2n) is 3.89. The first kappa shape index (κ1) is 9.78. The second-order valence-corrected chi connectivity index (χ2v) is 8.68. The Bertz CT molecular complexity index is 379. The first-order valence-electron chi connectivity index (χ1n) is 3.98. The highest BCUT2D eigenvalue weighted by molar-refractivity contribution is 6.74. The van der Waals surface area contributed by atoms with Crippen LogP contribution in [0.3, 0.4) is 0 Å². The fourth-order valence-corrected chi connectivity index (χ4v) is 2.66. The summed E-state index contributed by atoms with van der Waals surface area (Å²) in [6, 6.07) is 1.51. The Kier molecular flexibility index (Phi) is 2.17. The van der Waals surface area contributed by atoms with Gasteiger partial charge < -0.3 is 15.7 Å². The van der Waals surface area contributed by atoms with Gasteiger partial charge >= 0.3 is 5.69 Å². The van der Waals surface area contributed by atoms with Gasteiger partial charge in [0.2, 0.25) is 0 Å². The van der Waals surface area contributed by atoms with Crippen molar-refractivity contribution in [1.82, 2.24) is 9.22 Å². The number of nitrogens with two attached hydrogens (primary N) is 2. The molecule has 0 spiro atoms. The van der Waals surface area contributed by atoms with Crippen LogP contribution in [-0.2, 0) is 0 Å². The molecule has 13 heavy (non-hydrogen) atoms. The van der Waals surface area contributed by atoms with Crippen molar-refractivity contribution in [2.45, 2.75) is 19.6 Å². The van der Waals surface area contributed by atoms with Crippen LogP contribution in [0.4, 0.5) is 11.6 Å². The number of hydrogen-bond acceptors (Lipinski definition) is 4. The van der Waals surface area contributed by atoms with Crippen molar-refractivity contribution in [1.29, 1.82) is 0 Å². The van der Waals surface area contributed by atoms with E-state index in [1.54, 1.807) is 4.23 Å². The number of nitrogens with zero attached hydrogens (tertiary/aromatic N) is 2. The summed E-state index contributed by atoms with van der Waals surface area (Å²) in [6.07, 6.45) is 0. The van der Waals surface area contributed by atoms with E-state index in [-0.39, 0.29) is 11.5 Å². The van der Waals surface area contributed by atoms with Gasteiger partial charge in [-0.2, -0.15) is 4.98 Å². The van der Waals surface area contributed by atoms with Crippen molar-refractivity contribution in [2.75, 3.05) is 11.5 Å². The lowest BCUT2D eigenvalue weighted by atomic mass is 10.5. The lowest BCUT2D eigenvalue weighted by Crippen LogP contribution is -2.43. The van der Waals surface area contributed by atoms with Gasteiger partial charge in [-0.3, -0.25) is 0 Å². The molecule has 72 valence electrons. The van der Waals surface area contributed by atoms with Gasteiger partial charge in [0.1, 0.15) is 11.6 Å². The van der Waals surface area contributed by atoms with Crippen LogP contribution in [0, 0.1) is 0 Å². The monoisotopic (exact) mass is 198 g/mol. The highest BCUT2D eigenvalue weighted by atomic mass is 28.3. The van der Waals surface area contributed by atoms with Gasteiger partial charge in [0.05, 0.1) is 0 Å². The molecule has 1 rings (SSSR count). The highest BCUT2D eigenvalue weighted by Crippen LogP contribution is 2.10. The van der Waals surface area contributed by atoms with Crippen LogP contribution in [0.1, 0.15) is 0 Å². The standard InChI is InChI=1S/C7H14N4OSi/c1-13(2,3)11-6(9)4-5(8)10-7(11)12/h4H,9H2,1-3H3,(H2,8,10,12). The third-order valence-electron chi connectivity index (χ3n) is 1.64. The number of hydrogen-bond donors (Lipinski definition) is 2. The molecule has 0 radical (unpaired) electrons. The Morgan fingerprint density at radius 1 is 1.38 bits per heavy atom. The van der Waals surface area contributed by atoms with Crippen LogP contribution in [0.25, 0.3) is 0 Å². The molecule has 0 aliphatic carbocycles. The van der Waals surface area contributed by atoms with Crippen LogP contribution in [0.5, 0.6) is 0 Å². The Hall–Kier alpha value is -1.30. The summed E-state index contributed by atoms with van der Waals surface area (Å²) in [4.78, 5) is 15.1. The van der Waals surface area contributed by atoms with Gasteiger partial charge in [-0.15, -0.1) is 0 Å². The van der Waals surface area contributed by atoms with E-state index in [2.05, 4.69) is 4.98 Å². The minimum absolute atomic E-state index is 0.178. The third-order valence-corrected chi connectivity index (χ3v) is 3.43. The summed E-state index contributed by atoms with van der Waals surface area (Å²) >= 11 is 0. The molecule has 0 amide bonds. The van der Waals surface area contributed by atoms with Crippen LogP contribution < -0.4 is 17.2 Å². The molecule has 5 nitrogen and oxygen atoms in total. The van der Waals surface area contributed by atoms with Crippen molar-refractivity contribution in [3.63, 3.8) is 0 Å². The lowest BCUT2D eigenvalue weighted by Gasteiger charge is -2.21. The molecule has 0 fully saturated rings. The molecular formula is C7H14N4OSi. The molecule has 0 aromatic carbocycles. The molecule has 0 saturated carbocycles. The zero-order chi connectivity index (χ0) is 10.2. The van der Waals surface area contributed by atoms with E-state index in [1.165, 1.54) is 6.07 Å². The summed E-state index contributed by atoms with van der Waals surface area (Å²) in [5.41, 5.74) is 10.7. The normalized spacial score (nSPS) is 11.6. The summed E-state index contributed by atoms with van der Waals surface area (Å²) in [7, 11) is -1.78. The maximum absolute atomic E-state index is 11.4. The van der Waals surface area contributed by atoms with Gasteiger partial charge in [-0.25, -0.2) is 4.79 Å². The molecule has 0 saturated heterocycles. The van der Waals surface area contributed by atoms with E-state index in [9.17, 15) is 4.79 Å². The summed E-state index contributed by atoms with van der Waals surface area (Å²) in [6.45, 7) is 6.05. The highest BCUT2D eigenvalue weighted by Gasteiger charge is 2.20. The molecule has 6 heteroatoms. The molecule has 1 heterocycles. The topological polar surface area (TPSA) is 86.9 Å². The first-order chi connectivity index (χ1) is 5.82. The Morgan fingerprint density at radius 2 is 1.92 bits per heavy atom. The smallest absolute Gasteiger partial charge is 0.342 e.